The fourth-order valence-electron chi connectivity index (χ4n) is 11.4. The zero-order valence-corrected chi connectivity index (χ0v) is 43.0. The van der Waals surface area contributed by atoms with Gasteiger partial charge in [0.05, 0.1) is 9.80 Å². The first kappa shape index (κ1) is 48.2. The Balaban J connectivity index is 1.05. The van der Waals surface area contributed by atoms with Gasteiger partial charge >= 0.3 is 0 Å². The van der Waals surface area contributed by atoms with E-state index < -0.39 is 9.84 Å². The fraction of sp³-hybridized carbons (Fsp3) is 0.344. The van der Waals surface area contributed by atoms with Crippen LogP contribution in [0.1, 0.15) is 98.8 Å². The lowest BCUT2D eigenvalue weighted by molar-refractivity contribution is 0.301. The predicted octanol–water partition coefficient (Wildman–Crippen LogP) is 15.9. The highest BCUT2D eigenvalue weighted by molar-refractivity contribution is 8.07. The third-order valence-electron chi connectivity index (χ3n) is 14.7. The number of sulfone groups is 1. The molecule has 68 heavy (non-hydrogen) atoms. The van der Waals surface area contributed by atoms with Crippen molar-refractivity contribution in [1.82, 2.24) is 10.2 Å². The van der Waals surface area contributed by atoms with Crippen LogP contribution in [0.25, 0.3) is 0 Å². The van der Waals surface area contributed by atoms with Crippen LogP contribution < -0.4 is 5.32 Å². The molecule has 0 radical (unpaired) electrons. The van der Waals surface area contributed by atoms with Crippen molar-refractivity contribution in [3.8, 4) is 0 Å². The molecular weight excluding hydrogens is 889 g/mol. The second-order valence-corrected chi connectivity index (χ2v) is 23.7. The molecule has 4 unspecified atom stereocenters. The van der Waals surface area contributed by atoms with Gasteiger partial charge in [-0.2, -0.15) is 0 Å². The van der Waals surface area contributed by atoms with Crippen molar-refractivity contribution >= 4 is 33.4 Å². The van der Waals surface area contributed by atoms with Gasteiger partial charge in [-0.05, 0) is 130 Å². The van der Waals surface area contributed by atoms with E-state index in [4.69, 9.17) is 6.58 Å². The van der Waals surface area contributed by atoms with E-state index in [1.807, 2.05) is 41.7 Å². The molecule has 1 N–H and O–H groups in total. The molecule has 1 aliphatic heterocycles. The van der Waals surface area contributed by atoms with Crippen LogP contribution in [0.4, 0.5) is 0 Å². The molecule has 9 rings (SSSR count). The number of allylic oxidation sites excluding steroid dienone is 20. The van der Waals surface area contributed by atoms with Gasteiger partial charge in [0.25, 0.3) is 0 Å². The van der Waals surface area contributed by atoms with Crippen molar-refractivity contribution < 1.29 is 8.42 Å². The number of benzene rings is 2. The number of nitrogens with zero attached hydrogens (tertiary/aromatic N) is 1. The van der Waals surface area contributed by atoms with E-state index in [9.17, 15) is 0 Å². The number of hydrogen-bond acceptors (Lipinski definition) is 6. The summed E-state index contributed by atoms with van der Waals surface area (Å²) in [6, 6.07) is 20.5. The van der Waals surface area contributed by atoms with E-state index in [1.165, 1.54) is 47.7 Å². The Bertz CT molecular complexity index is 2820. The number of likely N-dealkylation sites (tertiary alicyclic amines) is 1. The lowest BCUT2D eigenvalue weighted by Gasteiger charge is -2.41. The molecular formula is C61H68N2O2S3. The Morgan fingerprint density at radius 1 is 0.897 bits per heavy atom. The summed E-state index contributed by atoms with van der Waals surface area (Å²) in [6.45, 7) is 16.3. The van der Waals surface area contributed by atoms with Crippen LogP contribution in [0, 0.1) is 17.3 Å². The number of nitrogens with one attached hydrogen (secondary N) is 1. The third-order valence-corrected chi connectivity index (χ3v) is 19.1. The molecule has 352 valence electrons. The highest BCUT2D eigenvalue weighted by Crippen LogP contribution is 2.60. The molecule has 0 spiro atoms. The summed E-state index contributed by atoms with van der Waals surface area (Å²) in [5.74, 6) is 0.289. The summed E-state index contributed by atoms with van der Waals surface area (Å²) >= 11 is 3.72. The molecule has 2 aromatic carbocycles. The highest BCUT2D eigenvalue weighted by Gasteiger charge is 2.51. The highest BCUT2D eigenvalue weighted by atomic mass is 32.2. The molecule has 0 saturated carbocycles. The Morgan fingerprint density at radius 3 is 2.43 bits per heavy atom. The number of rotatable bonds is 18. The molecule has 6 atom stereocenters. The fourth-order valence-corrected chi connectivity index (χ4v) is 15.4. The van der Waals surface area contributed by atoms with Gasteiger partial charge in [-0.1, -0.05) is 184 Å². The summed E-state index contributed by atoms with van der Waals surface area (Å²) in [7, 11) is -3.82. The van der Waals surface area contributed by atoms with Gasteiger partial charge in [0.2, 0.25) is 9.84 Å². The van der Waals surface area contributed by atoms with Gasteiger partial charge in [0.15, 0.2) is 0 Å². The molecule has 0 bridgehead atoms. The first-order chi connectivity index (χ1) is 33.0. The average Bonchev–Trinajstić information content (AvgIpc) is 3.92. The molecule has 2 aromatic rings. The van der Waals surface area contributed by atoms with E-state index in [-0.39, 0.29) is 29.3 Å². The summed E-state index contributed by atoms with van der Waals surface area (Å²) < 4.78 is 30.0. The van der Waals surface area contributed by atoms with Crippen LogP contribution in [-0.2, 0) is 9.84 Å². The number of fused-ring (bicyclic) bond motifs is 1. The lowest BCUT2D eigenvalue weighted by Crippen LogP contribution is -2.43. The van der Waals surface area contributed by atoms with E-state index in [1.54, 1.807) is 12.1 Å². The molecule has 1 fully saturated rings. The van der Waals surface area contributed by atoms with Gasteiger partial charge < -0.3 is 10.2 Å². The second kappa shape index (κ2) is 21.1. The second-order valence-electron chi connectivity index (χ2n) is 19.5. The van der Waals surface area contributed by atoms with Crippen molar-refractivity contribution in [1.29, 1.82) is 0 Å². The van der Waals surface area contributed by atoms with Gasteiger partial charge in [0.1, 0.15) is 0 Å². The van der Waals surface area contributed by atoms with Crippen molar-refractivity contribution in [2.45, 2.75) is 127 Å². The first-order valence-corrected chi connectivity index (χ1v) is 28.2. The maximum atomic E-state index is 15.0. The van der Waals surface area contributed by atoms with E-state index >= 15 is 8.42 Å². The van der Waals surface area contributed by atoms with Gasteiger partial charge in [-0.3, -0.25) is 0 Å². The minimum Gasteiger partial charge on any atom is -0.341 e. The molecule has 7 aliphatic rings. The average molecular weight is 957 g/mol. The zero-order valence-electron chi connectivity index (χ0n) is 40.6. The summed E-state index contributed by atoms with van der Waals surface area (Å²) in [6.07, 6.45) is 43.6. The molecule has 7 heteroatoms. The minimum absolute atomic E-state index is 0.122. The van der Waals surface area contributed by atoms with Crippen LogP contribution in [0.2, 0.25) is 0 Å². The topological polar surface area (TPSA) is 49.4 Å². The molecule has 4 nitrogen and oxygen atoms in total. The quantitative estimate of drug-likeness (QED) is 0.161. The Labute approximate surface area is 416 Å². The maximum Gasteiger partial charge on any atom is 0.206 e. The molecule has 1 heterocycles. The van der Waals surface area contributed by atoms with E-state index in [0.717, 1.165) is 55.2 Å². The number of thioether (sulfide) groups is 2. The standard InChI is InChI=1S/C61H68N2O2S3/c1-7-20-43(4)62-53-36-39-56(66-47-22-12-9-13-23-47)52-29-18-28-50(58(52)53)42(3)31-32-45-33-34-46(60(45)68(64,65)49-26-16-11-17-27-49)35-37-54-51-30-19-41-61(6)57(67-48-24-14-10-15-25-48)40-38-55(59(51)61)63(54)44(5)21-8-2/h10-12,14-19,22-30,35-41,43-44,53,58-59,62H,3,7-9,13,20-21,31-34H2,1-2,4-6H3/b46-35+,54-37+/t43?,44?,53-,58?,59?,61-/m1/s1. The summed E-state index contributed by atoms with van der Waals surface area (Å²) in [5.41, 5.74) is 9.14. The van der Waals surface area contributed by atoms with Gasteiger partial charge in [-0.25, -0.2) is 8.42 Å². The largest absolute Gasteiger partial charge is 0.341 e. The van der Waals surface area contributed by atoms with Crippen LogP contribution >= 0.6 is 23.5 Å². The van der Waals surface area contributed by atoms with Crippen molar-refractivity contribution in [3.05, 3.63) is 223 Å². The zero-order chi connectivity index (χ0) is 47.4. The summed E-state index contributed by atoms with van der Waals surface area (Å²) in [4.78, 5) is 8.57. The van der Waals surface area contributed by atoms with Crippen LogP contribution in [-0.4, -0.2) is 31.4 Å². The Morgan fingerprint density at radius 2 is 1.68 bits per heavy atom. The van der Waals surface area contributed by atoms with Crippen molar-refractivity contribution in [2.75, 3.05) is 0 Å². The monoisotopic (exact) mass is 956 g/mol. The summed E-state index contributed by atoms with van der Waals surface area (Å²) in [5, 5.41) is 3.98. The molecule has 1 saturated heterocycles. The molecule has 0 amide bonds. The van der Waals surface area contributed by atoms with E-state index in [0.29, 0.717) is 41.5 Å². The van der Waals surface area contributed by atoms with Crippen molar-refractivity contribution in [3.63, 3.8) is 0 Å². The SMILES string of the molecule is C=C(CCC1=C(S(=O)(=O)c2ccccc2)/C(=C/C=C2\C3=CC=C[C@]4(C)C(Sc5ccccc5)=CC=C(C34)N2C(C)CCC)CC1)C1=CC=CC2=C(SC3=CCCC=C3)C=C[C@@H](NC(C)CCC)C12. The molecule has 0 aromatic heterocycles. The predicted molar refractivity (Wildman–Crippen MR) is 290 cm³/mol. The van der Waals surface area contributed by atoms with Gasteiger partial charge in [0, 0.05) is 66.4 Å². The van der Waals surface area contributed by atoms with Crippen LogP contribution in [0.15, 0.2) is 233 Å². The van der Waals surface area contributed by atoms with E-state index in [2.05, 4.69) is 166 Å². The van der Waals surface area contributed by atoms with Crippen LogP contribution in [0.5, 0.6) is 0 Å². The van der Waals surface area contributed by atoms with Crippen LogP contribution in [0.3, 0.4) is 0 Å². The minimum atomic E-state index is -3.82. The van der Waals surface area contributed by atoms with Crippen molar-refractivity contribution in [2.24, 2.45) is 17.3 Å². The Kier molecular flexibility index (Phi) is 14.9. The number of hydrogen-bond donors (Lipinski definition) is 1. The third kappa shape index (κ3) is 9.71. The normalized spacial score (nSPS) is 26.1. The Hall–Kier alpha value is -4.79. The van der Waals surface area contributed by atoms with Gasteiger partial charge in [-0.15, -0.1) is 0 Å². The lowest BCUT2D eigenvalue weighted by atomic mass is 9.68. The first-order valence-electron chi connectivity index (χ1n) is 25.1. The molecule has 6 aliphatic carbocycles. The maximum absolute atomic E-state index is 15.0. The smallest absolute Gasteiger partial charge is 0.206 e.